The highest BCUT2D eigenvalue weighted by Crippen LogP contribution is 2.26. The van der Waals surface area contributed by atoms with Crippen molar-refractivity contribution in [3.63, 3.8) is 0 Å². The van der Waals surface area contributed by atoms with Gasteiger partial charge in [-0.05, 0) is 17.7 Å². The molecule has 0 saturated carbocycles. The Bertz CT molecular complexity index is 582. The number of aliphatic hydroxyl groups is 1. The van der Waals surface area contributed by atoms with E-state index in [1.807, 2.05) is 0 Å². The summed E-state index contributed by atoms with van der Waals surface area (Å²) in [4.78, 5) is 0. The fraction of sp³-hybridized carbons (Fsp3) is 0.250. The van der Waals surface area contributed by atoms with Crippen molar-refractivity contribution < 1.29 is 19.0 Å². The van der Waals surface area contributed by atoms with Crippen LogP contribution in [-0.2, 0) is 0 Å². The van der Waals surface area contributed by atoms with Gasteiger partial charge in [0.1, 0.15) is 17.3 Å². The molecule has 0 aliphatic heterocycles. The Labute approximate surface area is 123 Å². The van der Waals surface area contributed by atoms with E-state index in [9.17, 15) is 9.50 Å². The highest BCUT2D eigenvalue weighted by Gasteiger charge is 2.09. The summed E-state index contributed by atoms with van der Waals surface area (Å²) in [5, 5.41) is 13.1. The van der Waals surface area contributed by atoms with Crippen molar-refractivity contribution in [3.8, 4) is 11.5 Å². The third kappa shape index (κ3) is 4.10. The number of hydrogen-bond donors (Lipinski definition) is 2. The maximum Gasteiger partial charge on any atom is 0.124 e. The first-order valence-electron chi connectivity index (χ1n) is 6.53. The van der Waals surface area contributed by atoms with E-state index in [-0.39, 0.29) is 12.4 Å². The fourth-order valence-corrected chi connectivity index (χ4v) is 1.96. The second-order valence-electron chi connectivity index (χ2n) is 4.55. The SMILES string of the molecule is COc1cc(NCC(O)c2cccc(F)c2)cc(OC)c1. The molecule has 0 aliphatic rings. The van der Waals surface area contributed by atoms with Crippen LogP contribution in [0.4, 0.5) is 10.1 Å². The third-order valence-corrected chi connectivity index (χ3v) is 3.08. The molecular weight excluding hydrogens is 273 g/mol. The van der Waals surface area contributed by atoms with Crippen molar-refractivity contribution in [2.75, 3.05) is 26.1 Å². The predicted molar refractivity (Wildman–Crippen MR) is 79.4 cm³/mol. The first-order valence-corrected chi connectivity index (χ1v) is 6.53. The van der Waals surface area contributed by atoms with Gasteiger partial charge in [0.15, 0.2) is 0 Å². The highest BCUT2D eigenvalue weighted by atomic mass is 19.1. The van der Waals surface area contributed by atoms with Crippen LogP contribution >= 0.6 is 0 Å². The van der Waals surface area contributed by atoms with E-state index in [0.29, 0.717) is 17.1 Å². The van der Waals surface area contributed by atoms with Gasteiger partial charge in [0.2, 0.25) is 0 Å². The van der Waals surface area contributed by atoms with Gasteiger partial charge in [-0.3, -0.25) is 0 Å². The Morgan fingerprint density at radius 3 is 2.33 bits per heavy atom. The minimum Gasteiger partial charge on any atom is -0.497 e. The lowest BCUT2D eigenvalue weighted by molar-refractivity contribution is 0.191. The number of aliphatic hydroxyl groups excluding tert-OH is 1. The van der Waals surface area contributed by atoms with Gasteiger partial charge in [0.05, 0.1) is 20.3 Å². The van der Waals surface area contributed by atoms with Crippen molar-refractivity contribution >= 4 is 5.69 Å². The van der Waals surface area contributed by atoms with Gasteiger partial charge in [-0.25, -0.2) is 4.39 Å². The Hall–Kier alpha value is -2.27. The van der Waals surface area contributed by atoms with Gasteiger partial charge < -0.3 is 19.9 Å². The highest BCUT2D eigenvalue weighted by molar-refractivity contribution is 5.53. The Kier molecular flexibility index (Phi) is 5.00. The first-order chi connectivity index (χ1) is 10.1. The van der Waals surface area contributed by atoms with Gasteiger partial charge in [-0.2, -0.15) is 0 Å². The van der Waals surface area contributed by atoms with Crippen LogP contribution in [0.25, 0.3) is 0 Å². The molecule has 0 fully saturated rings. The summed E-state index contributed by atoms with van der Waals surface area (Å²) in [5.74, 6) is 0.934. The summed E-state index contributed by atoms with van der Waals surface area (Å²) in [6, 6.07) is 11.3. The maximum absolute atomic E-state index is 13.1. The number of anilines is 1. The first kappa shape index (κ1) is 15.1. The largest absolute Gasteiger partial charge is 0.497 e. The Morgan fingerprint density at radius 1 is 1.10 bits per heavy atom. The quantitative estimate of drug-likeness (QED) is 0.859. The van der Waals surface area contributed by atoms with Crippen LogP contribution in [-0.4, -0.2) is 25.9 Å². The molecule has 21 heavy (non-hydrogen) atoms. The standard InChI is InChI=1S/C16H18FNO3/c1-20-14-7-13(8-15(9-14)21-2)18-10-16(19)11-4-3-5-12(17)6-11/h3-9,16,18-19H,10H2,1-2H3. The lowest BCUT2D eigenvalue weighted by Crippen LogP contribution is -2.12. The van der Waals surface area contributed by atoms with Crippen LogP contribution in [0.5, 0.6) is 11.5 Å². The number of hydrogen-bond acceptors (Lipinski definition) is 4. The molecule has 0 spiro atoms. The van der Waals surface area contributed by atoms with Gasteiger partial charge in [-0.1, -0.05) is 12.1 Å². The molecule has 5 heteroatoms. The second-order valence-corrected chi connectivity index (χ2v) is 4.55. The maximum atomic E-state index is 13.1. The van der Waals surface area contributed by atoms with Gasteiger partial charge in [0, 0.05) is 30.4 Å². The van der Waals surface area contributed by atoms with Crippen LogP contribution in [0.2, 0.25) is 0 Å². The summed E-state index contributed by atoms with van der Waals surface area (Å²) in [6.07, 6.45) is -0.808. The third-order valence-electron chi connectivity index (χ3n) is 3.08. The van der Waals surface area contributed by atoms with E-state index in [1.165, 1.54) is 12.1 Å². The van der Waals surface area contributed by atoms with Crippen LogP contribution in [0.15, 0.2) is 42.5 Å². The van der Waals surface area contributed by atoms with E-state index in [2.05, 4.69) is 5.32 Å². The molecular formula is C16H18FNO3. The van der Waals surface area contributed by atoms with Crippen molar-refractivity contribution in [1.29, 1.82) is 0 Å². The molecule has 0 aliphatic carbocycles. The van der Waals surface area contributed by atoms with E-state index < -0.39 is 6.10 Å². The number of halogens is 1. The summed E-state index contributed by atoms with van der Waals surface area (Å²) in [6.45, 7) is 0.250. The molecule has 0 amide bonds. The van der Waals surface area contributed by atoms with E-state index in [1.54, 1.807) is 44.6 Å². The number of methoxy groups -OCH3 is 2. The van der Waals surface area contributed by atoms with Crippen LogP contribution in [0.3, 0.4) is 0 Å². The zero-order valence-electron chi connectivity index (χ0n) is 12.0. The fourth-order valence-electron chi connectivity index (χ4n) is 1.96. The Balaban J connectivity index is 2.05. The topological polar surface area (TPSA) is 50.7 Å². The minimum absolute atomic E-state index is 0.250. The predicted octanol–water partition coefficient (Wildman–Crippen LogP) is 2.99. The second kappa shape index (κ2) is 6.95. The van der Waals surface area contributed by atoms with Gasteiger partial charge in [-0.15, -0.1) is 0 Å². The zero-order chi connectivity index (χ0) is 15.2. The average molecular weight is 291 g/mol. The van der Waals surface area contributed by atoms with Gasteiger partial charge in [0.25, 0.3) is 0 Å². The number of rotatable bonds is 6. The molecule has 4 nitrogen and oxygen atoms in total. The van der Waals surface area contributed by atoms with Gasteiger partial charge >= 0.3 is 0 Å². The monoisotopic (exact) mass is 291 g/mol. The molecule has 2 rings (SSSR count). The molecule has 2 aromatic carbocycles. The van der Waals surface area contributed by atoms with E-state index >= 15 is 0 Å². The molecule has 0 bridgehead atoms. The van der Waals surface area contributed by atoms with Crippen LogP contribution in [0, 0.1) is 5.82 Å². The Morgan fingerprint density at radius 2 is 1.76 bits per heavy atom. The minimum atomic E-state index is -0.808. The smallest absolute Gasteiger partial charge is 0.124 e. The van der Waals surface area contributed by atoms with Crippen molar-refractivity contribution in [1.82, 2.24) is 0 Å². The normalized spacial score (nSPS) is 11.8. The number of benzene rings is 2. The molecule has 1 unspecified atom stereocenters. The molecule has 0 heterocycles. The van der Waals surface area contributed by atoms with E-state index in [4.69, 9.17) is 9.47 Å². The number of ether oxygens (including phenoxy) is 2. The van der Waals surface area contributed by atoms with Crippen LogP contribution in [0.1, 0.15) is 11.7 Å². The summed E-state index contributed by atoms with van der Waals surface area (Å²) in [7, 11) is 3.14. The summed E-state index contributed by atoms with van der Waals surface area (Å²) >= 11 is 0. The van der Waals surface area contributed by atoms with Crippen molar-refractivity contribution in [3.05, 3.63) is 53.8 Å². The number of nitrogens with one attached hydrogen (secondary N) is 1. The molecule has 2 aromatic rings. The van der Waals surface area contributed by atoms with Crippen molar-refractivity contribution in [2.24, 2.45) is 0 Å². The van der Waals surface area contributed by atoms with E-state index in [0.717, 1.165) is 5.69 Å². The summed E-state index contributed by atoms with van der Waals surface area (Å²) < 4.78 is 23.5. The molecule has 1 atom stereocenters. The molecule has 2 N–H and O–H groups in total. The summed E-state index contributed by atoms with van der Waals surface area (Å²) in [5.41, 5.74) is 1.28. The average Bonchev–Trinajstić information content (AvgIpc) is 2.52. The zero-order valence-corrected chi connectivity index (χ0v) is 12.0. The molecule has 0 saturated heterocycles. The van der Waals surface area contributed by atoms with Crippen LogP contribution < -0.4 is 14.8 Å². The lowest BCUT2D eigenvalue weighted by atomic mass is 10.1. The molecule has 112 valence electrons. The molecule has 0 radical (unpaired) electrons. The van der Waals surface area contributed by atoms with Crippen molar-refractivity contribution in [2.45, 2.75) is 6.10 Å². The molecule has 0 aromatic heterocycles. The lowest BCUT2D eigenvalue weighted by Gasteiger charge is -2.15.